The largest absolute Gasteiger partial charge is 0.312 e. The lowest BCUT2D eigenvalue weighted by molar-refractivity contribution is -0.122. The second-order valence-corrected chi connectivity index (χ2v) is 10.00. The Morgan fingerprint density at radius 2 is 1.97 bits per heavy atom. The smallest absolute Gasteiger partial charge is 0.230 e. The van der Waals surface area contributed by atoms with Crippen LogP contribution >= 0.6 is 11.8 Å². The lowest BCUT2D eigenvalue weighted by Gasteiger charge is -2.24. The number of hydrogen-bond donors (Lipinski definition) is 1. The van der Waals surface area contributed by atoms with E-state index in [0.29, 0.717) is 6.54 Å². The van der Waals surface area contributed by atoms with Crippen LogP contribution in [0, 0.1) is 19.8 Å². The summed E-state index contributed by atoms with van der Waals surface area (Å²) in [6, 6.07) is 6.00. The second-order valence-electron chi connectivity index (χ2n) is 9.01. The molecule has 2 amide bonds. The molecule has 0 spiro atoms. The molecular weight excluding hydrogens is 384 g/mol. The number of fused-ring (bicyclic) bond motifs is 1. The van der Waals surface area contributed by atoms with Crippen LogP contribution in [0.15, 0.2) is 18.2 Å². The van der Waals surface area contributed by atoms with Crippen molar-refractivity contribution in [3.63, 3.8) is 0 Å². The van der Waals surface area contributed by atoms with Gasteiger partial charge in [-0.15, -0.1) is 0 Å². The van der Waals surface area contributed by atoms with Crippen LogP contribution in [0.25, 0.3) is 0 Å². The van der Waals surface area contributed by atoms with E-state index >= 15 is 0 Å². The summed E-state index contributed by atoms with van der Waals surface area (Å²) in [5, 5.41) is 7.86. The summed E-state index contributed by atoms with van der Waals surface area (Å²) in [5.41, 5.74) is 5.15. The van der Waals surface area contributed by atoms with Gasteiger partial charge in [-0.05, 0) is 57.9 Å². The monoisotopic (exact) mass is 412 g/mol. The Morgan fingerprint density at radius 3 is 2.66 bits per heavy atom. The average molecular weight is 413 g/mol. The third kappa shape index (κ3) is 3.68. The Balaban J connectivity index is 1.55. The Bertz CT molecular complexity index is 989. The quantitative estimate of drug-likeness (QED) is 0.828. The molecule has 1 aromatic carbocycles. The predicted octanol–water partition coefficient (Wildman–Crippen LogP) is 3.99. The molecule has 2 aromatic rings. The van der Waals surface area contributed by atoms with Crippen molar-refractivity contribution in [3.05, 3.63) is 40.6 Å². The van der Waals surface area contributed by atoms with Crippen LogP contribution in [0.1, 0.15) is 49.6 Å². The van der Waals surface area contributed by atoms with Gasteiger partial charge in [0.25, 0.3) is 0 Å². The van der Waals surface area contributed by atoms with Gasteiger partial charge in [0, 0.05) is 35.7 Å². The molecule has 0 bridgehead atoms. The van der Waals surface area contributed by atoms with Gasteiger partial charge < -0.3 is 10.2 Å². The lowest BCUT2D eigenvalue weighted by Crippen LogP contribution is -2.31. The summed E-state index contributed by atoms with van der Waals surface area (Å²) in [6.45, 7) is 10.7. The van der Waals surface area contributed by atoms with E-state index in [0.717, 1.165) is 39.8 Å². The minimum atomic E-state index is -0.364. The summed E-state index contributed by atoms with van der Waals surface area (Å²) < 4.78 is 1.92. The van der Waals surface area contributed by atoms with Gasteiger partial charge >= 0.3 is 0 Å². The fourth-order valence-corrected chi connectivity index (χ4v) is 4.91. The van der Waals surface area contributed by atoms with E-state index in [1.54, 1.807) is 4.90 Å². The Labute approximate surface area is 176 Å². The van der Waals surface area contributed by atoms with Gasteiger partial charge in [0.1, 0.15) is 5.82 Å². The standard InChI is InChI=1S/C22H28N4O2S/c1-13-6-7-16(8-14(13)2)25-10-15(9-19(25)27)21(28)23-20-17-11-29-12-18(17)24-26(20)22(3,4)5/h6-8,15H,9-12H2,1-5H3,(H,23,28). The van der Waals surface area contributed by atoms with Crippen LogP contribution < -0.4 is 10.2 Å². The van der Waals surface area contributed by atoms with Crippen molar-refractivity contribution in [2.45, 2.75) is 58.1 Å². The maximum absolute atomic E-state index is 13.1. The summed E-state index contributed by atoms with van der Waals surface area (Å²) in [7, 11) is 0. The minimum Gasteiger partial charge on any atom is -0.312 e. The number of rotatable bonds is 3. The normalized spacial score (nSPS) is 19.0. The van der Waals surface area contributed by atoms with Crippen LogP contribution in [0.2, 0.25) is 0 Å². The Kier molecular flexibility index (Phi) is 4.97. The number of thioether (sulfide) groups is 1. The summed E-state index contributed by atoms with van der Waals surface area (Å²) in [4.78, 5) is 27.5. The molecule has 2 aliphatic heterocycles. The van der Waals surface area contributed by atoms with Gasteiger partial charge in [-0.2, -0.15) is 16.9 Å². The fraction of sp³-hybridized carbons (Fsp3) is 0.500. The number of nitrogens with zero attached hydrogens (tertiary/aromatic N) is 3. The van der Waals surface area contributed by atoms with Crippen molar-refractivity contribution in [1.82, 2.24) is 9.78 Å². The van der Waals surface area contributed by atoms with Crippen molar-refractivity contribution < 1.29 is 9.59 Å². The molecule has 6 nitrogen and oxygen atoms in total. The van der Waals surface area contributed by atoms with Crippen LogP contribution in [0.3, 0.4) is 0 Å². The van der Waals surface area contributed by atoms with Crippen molar-refractivity contribution in [2.75, 3.05) is 16.8 Å². The van der Waals surface area contributed by atoms with Crippen molar-refractivity contribution in [3.8, 4) is 0 Å². The van der Waals surface area contributed by atoms with Crippen LogP contribution in [0.4, 0.5) is 11.5 Å². The highest BCUT2D eigenvalue weighted by molar-refractivity contribution is 7.98. The molecule has 7 heteroatoms. The van der Waals surface area contributed by atoms with Crippen LogP contribution in [0.5, 0.6) is 0 Å². The van der Waals surface area contributed by atoms with E-state index < -0.39 is 0 Å². The first-order chi connectivity index (χ1) is 13.6. The molecule has 0 radical (unpaired) electrons. The number of nitrogens with one attached hydrogen (secondary N) is 1. The maximum atomic E-state index is 13.1. The highest BCUT2D eigenvalue weighted by Crippen LogP contribution is 2.37. The summed E-state index contributed by atoms with van der Waals surface area (Å²) in [6.07, 6.45) is 0.235. The molecule has 1 atom stereocenters. The van der Waals surface area contributed by atoms with Gasteiger partial charge in [0.2, 0.25) is 11.8 Å². The number of amides is 2. The molecule has 0 aliphatic carbocycles. The molecule has 1 aromatic heterocycles. The second kappa shape index (κ2) is 7.20. The maximum Gasteiger partial charge on any atom is 0.230 e. The molecule has 3 heterocycles. The first-order valence-corrected chi connectivity index (χ1v) is 11.2. The van der Waals surface area contributed by atoms with E-state index in [-0.39, 0.29) is 29.7 Å². The van der Waals surface area contributed by atoms with E-state index in [2.05, 4.69) is 33.0 Å². The van der Waals surface area contributed by atoms with Crippen molar-refractivity contribution >= 4 is 35.1 Å². The van der Waals surface area contributed by atoms with Crippen LogP contribution in [-0.2, 0) is 26.6 Å². The van der Waals surface area contributed by atoms with Gasteiger partial charge in [-0.1, -0.05) is 6.07 Å². The predicted molar refractivity (Wildman–Crippen MR) is 117 cm³/mol. The van der Waals surface area contributed by atoms with Gasteiger partial charge in [-0.25, -0.2) is 4.68 Å². The van der Waals surface area contributed by atoms with E-state index in [4.69, 9.17) is 5.10 Å². The van der Waals surface area contributed by atoms with Crippen LogP contribution in [-0.4, -0.2) is 28.1 Å². The molecule has 4 rings (SSSR count). The third-order valence-electron chi connectivity index (χ3n) is 5.73. The van der Waals surface area contributed by atoms with Gasteiger partial charge in [-0.3, -0.25) is 9.59 Å². The fourth-order valence-electron chi connectivity index (χ4n) is 3.87. The molecular formula is C22H28N4O2S. The number of carbonyl (C=O) groups excluding carboxylic acids is 2. The zero-order valence-electron chi connectivity index (χ0n) is 17.7. The average Bonchev–Trinajstić information content (AvgIpc) is 3.32. The van der Waals surface area contributed by atoms with Gasteiger partial charge in [0.05, 0.1) is 17.2 Å². The minimum absolute atomic E-state index is 0.00137. The Morgan fingerprint density at radius 1 is 1.21 bits per heavy atom. The third-order valence-corrected chi connectivity index (χ3v) is 6.70. The van der Waals surface area contributed by atoms with Crippen molar-refractivity contribution in [1.29, 1.82) is 0 Å². The molecule has 1 N–H and O–H groups in total. The molecule has 2 aliphatic rings. The Hall–Kier alpha value is -2.28. The zero-order valence-corrected chi connectivity index (χ0v) is 18.5. The summed E-state index contributed by atoms with van der Waals surface area (Å²) in [5.74, 6) is 2.06. The zero-order chi connectivity index (χ0) is 20.9. The molecule has 1 unspecified atom stereocenters. The van der Waals surface area contributed by atoms with E-state index in [1.807, 2.05) is 41.6 Å². The van der Waals surface area contributed by atoms with Gasteiger partial charge in [0.15, 0.2) is 0 Å². The number of benzene rings is 1. The molecule has 0 saturated carbocycles. The first kappa shape index (κ1) is 20.0. The number of aryl methyl sites for hydroxylation is 2. The molecule has 154 valence electrons. The highest BCUT2D eigenvalue weighted by Gasteiger charge is 2.37. The number of hydrogen-bond acceptors (Lipinski definition) is 4. The van der Waals surface area contributed by atoms with E-state index in [1.165, 1.54) is 5.56 Å². The summed E-state index contributed by atoms with van der Waals surface area (Å²) >= 11 is 1.81. The first-order valence-electron chi connectivity index (χ1n) is 10.0. The SMILES string of the molecule is Cc1ccc(N2CC(C(=O)Nc3c4c(nn3C(C)(C)C)CSC4)CC2=O)cc1C. The lowest BCUT2D eigenvalue weighted by atomic mass is 10.1. The number of aromatic nitrogens is 2. The number of carbonyl (C=O) groups is 2. The highest BCUT2D eigenvalue weighted by atomic mass is 32.2. The molecule has 29 heavy (non-hydrogen) atoms. The molecule has 1 saturated heterocycles. The topological polar surface area (TPSA) is 67.2 Å². The van der Waals surface area contributed by atoms with E-state index in [9.17, 15) is 9.59 Å². The number of anilines is 2. The van der Waals surface area contributed by atoms with Crippen molar-refractivity contribution in [2.24, 2.45) is 5.92 Å². The molecule has 1 fully saturated rings.